The first-order valence-electron chi connectivity index (χ1n) is 25.5. The third kappa shape index (κ3) is 46.3. The highest BCUT2D eigenvalue weighted by molar-refractivity contribution is 7.45. The zero-order valence-corrected chi connectivity index (χ0v) is 41.5. The van der Waals surface area contributed by atoms with Crippen molar-refractivity contribution in [2.24, 2.45) is 0 Å². The third-order valence-electron chi connectivity index (χ3n) is 11.2. The Labute approximate surface area is 378 Å². The van der Waals surface area contributed by atoms with E-state index in [0.717, 1.165) is 44.9 Å². The summed E-state index contributed by atoms with van der Waals surface area (Å²) in [4.78, 5) is 25.4. The Hall–Kier alpha value is -1.54. The van der Waals surface area contributed by atoms with Gasteiger partial charge in [0.25, 0.3) is 7.82 Å². The van der Waals surface area contributed by atoms with Crippen LogP contribution in [0.1, 0.15) is 226 Å². The molecule has 0 aliphatic heterocycles. The molecule has 0 heterocycles. The number of unbranched alkanes of at least 4 members (excludes halogenated alkanes) is 27. The normalized spacial score (nSPS) is 14.5. The molecule has 0 aromatic carbocycles. The number of phosphoric ester groups is 1. The lowest BCUT2D eigenvalue weighted by atomic mass is 10.0. The van der Waals surface area contributed by atoms with E-state index in [1.54, 1.807) is 6.08 Å². The molecule has 0 rings (SSSR count). The van der Waals surface area contributed by atoms with Gasteiger partial charge in [-0.25, -0.2) is 0 Å². The number of aliphatic hydroxyl groups is 1. The van der Waals surface area contributed by atoms with E-state index >= 15 is 0 Å². The van der Waals surface area contributed by atoms with Crippen LogP contribution in [0.3, 0.4) is 0 Å². The molecule has 0 spiro atoms. The van der Waals surface area contributed by atoms with Crippen molar-refractivity contribution < 1.29 is 32.9 Å². The molecule has 8 nitrogen and oxygen atoms in total. The Bertz CT molecular complexity index is 1130. The van der Waals surface area contributed by atoms with Crippen LogP contribution in [0.25, 0.3) is 0 Å². The number of hydrogen-bond donors (Lipinski definition) is 2. The van der Waals surface area contributed by atoms with Crippen molar-refractivity contribution in [2.45, 2.75) is 238 Å². The highest BCUT2D eigenvalue weighted by Gasteiger charge is 2.23. The molecule has 0 fully saturated rings. The summed E-state index contributed by atoms with van der Waals surface area (Å²) in [5.41, 5.74) is 0. The van der Waals surface area contributed by atoms with Crippen LogP contribution in [0.2, 0.25) is 0 Å². The second kappa shape index (κ2) is 43.7. The van der Waals surface area contributed by atoms with Gasteiger partial charge < -0.3 is 28.8 Å². The second-order valence-electron chi connectivity index (χ2n) is 18.5. The lowest BCUT2D eigenvalue weighted by Gasteiger charge is -2.29. The minimum atomic E-state index is -4.60. The first-order valence-corrected chi connectivity index (χ1v) is 27.0. The molecule has 9 heteroatoms. The molecule has 61 heavy (non-hydrogen) atoms. The number of phosphoric acid groups is 1. The van der Waals surface area contributed by atoms with Crippen molar-refractivity contribution in [1.29, 1.82) is 0 Å². The molecule has 0 aliphatic carbocycles. The summed E-state index contributed by atoms with van der Waals surface area (Å²) < 4.78 is 23.3. The summed E-state index contributed by atoms with van der Waals surface area (Å²) in [6.45, 7) is 4.62. The van der Waals surface area contributed by atoms with Gasteiger partial charge in [0.2, 0.25) is 5.91 Å². The number of nitrogens with one attached hydrogen (secondary N) is 1. The smallest absolute Gasteiger partial charge is 0.268 e. The average Bonchev–Trinajstić information content (AvgIpc) is 3.21. The summed E-state index contributed by atoms with van der Waals surface area (Å²) in [5, 5.41) is 13.8. The Morgan fingerprint density at radius 1 is 0.557 bits per heavy atom. The highest BCUT2D eigenvalue weighted by Crippen LogP contribution is 2.38. The van der Waals surface area contributed by atoms with Crippen molar-refractivity contribution in [2.75, 3.05) is 40.9 Å². The summed E-state index contributed by atoms with van der Waals surface area (Å²) in [6, 6.07) is -0.911. The number of amides is 1. The first kappa shape index (κ1) is 59.5. The predicted octanol–water partition coefficient (Wildman–Crippen LogP) is 14.2. The molecular weight excluding hydrogens is 780 g/mol. The summed E-state index contributed by atoms with van der Waals surface area (Å²) in [6.07, 6.45) is 56.0. The molecule has 0 aromatic rings. The van der Waals surface area contributed by atoms with E-state index in [2.05, 4.69) is 55.6 Å². The molecule has 0 aliphatic rings. The van der Waals surface area contributed by atoms with Crippen molar-refractivity contribution in [3.63, 3.8) is 0 Å². The predicted molar refractivity (Wildman–Crippen MR) is 261 cm³/mol. The lowest BCUT2D eigenvalue weighted by Crippen LogP contribution is -2.45. The third-order valence-corrected chi connectivity index (χ3v) is 12.2. The summed E-state index contributed by atoms with van der Waals surface area (Å²) in [5.74, 6) is -0.214. The van der Waals surface area contributed by atoms with Crippen LogP contribution in [-0.2, 0) is 18.4 Å². The van der Waals surface area contributed by atoms with Gasteiger partial charge in [-0.1, -0.05) is 197 Å². The van der Waals surface area contributed by atoms with Gasteiger partial charge in [-0.3, -0.25) is 9.36 Å². The Morgan fingerprint density at radius 3 is 1.33 bits per heavy atom. The van der Waals surface area contributed by atoms with Gasteiger partial charge in [-0.2, -0.15) is 0 Å². The van der Waals surface area contributed by atoms with Gasteiger partial charge in [0, 0.05) is 6.42 Å². The van der Waals surface area contributed by atoms with Crippen molar-refractivity contribution in [3.05, 3.63) is 48.6 Å². The number of carbonyl (C=O) groups is 1. The molecule has 0 saturated carbocycles. The number of aliphatic hydroxyl groups excluding tert-OH is 1. The number of quaternary nitrogens is 1. The van der Waals surface area contributed by atoms with Gasteiger partial charge in [0.1, 0.15) is 13.2 Å². The van der Waals surface area contributed by atoms with Crippen molar-refractivity contribution in [3.8, 4) is 0 Å². The van der Waals surface area contributed by atoms with E-state index in [9.17, 15) is 19.4 Å². The van der Waals surface area contributed by atoms with Gasteiger partial charge in [0.15, 0.2) is 0 Å². The van der Waals surface area contributed by atoms with E-state index in [4.69, 9.17) is 9.05 Å². The Morgan fingerprint density at radius 2 is 0.918 bits per heavy atom. The van der Waals surface area contributed by atoms with E-state index in [1.807, 2.05) is 27.2 Å². The molecule has 0 radical (unpaired) electrons. The number of rotatable bonds is 46. The van der Waals surface area contributed by atoms with Crippen LogP contribution >= 0.6 is 7.82 Å². The molecule has 0 aromatic heterocycles. The van der Waals surface area contributed by atoms with Gasteiger partial charge in [-0.15, -0.1) is 0 Å². The molecule has 3 atom stereocenters. The quantitative estimate of drug-likeness (QED) is 0.0273. The second-order valence-corrected chi connectivity index (χ2v) is 19.9. The molecule has 3 unspecified atom stereocenters. The summed E-state index contributed by atoms with van der Waals surface area (Å²) in [7, 11) is 1.23. The van der Waals surface area contributed by atoms with Gasteiger partial charge >= 0.3 is 0 Å². The van der Waals surface area contributed by atoms with Crippen LogP contribution in [0.4, 0.5) is 0 Å². The van der Waals surface area contributed by atoms with Gasteiger partial charge in [-0.05, 0) is 70.6 Å². The van der Waals surface area contributed by atoms with E-state index in [0.29, 0.717) is 17.4 Å². The minimum Gasteiger partial charge on any atom is -0.756 e. The van der Waals surface area contributed by atoms with E-state index in [-0.39, 0.29) is 12.5 Å². The fraction of sp³-hybridized carbons (Fsp3) is 0.827. The molecule has 2 N–H and O–H groups in total. The van der Waals surface area contributed by atoms with Crippen molar-refractivity contribution >= 4 is 13.7 Å². The minimum absolute atomic E-state index is 0.00996. The van der Waals surface area contributed by atoms with Crippen LogP contribution in [0.5, 0.6) is 0 Å². The van der Waals surface area contributed by atoms with Crippen LogP contribution < -0.4 is 10.2 Å². The molecule has 0 saturated heterocycles. The number of likely N-dealkylation sites (N-methyl/N-ethyl adjacent to an activating group) is 1. The first-order chi connectivity index (χ1) is 29.5. The number of nitrogens with zero attached hydrogens (tertiary/aromatic N) is 1. The SMILES string of the molecule is CCCCCCCC/C=C\CCCCCCCCCCCC(=O)NC(COP(=O)([O-])OCC[N+](C)(C)C)C(O)/C=C/CC/C=C/CC/C=C/CCCCCCCCCCCC. The van der Waals surface area contributed by atoms with Crippen LogP contribution in [0, 0.1) is 0 Å². The topological polar surface area (TPSA) is 108 Å². The van der Waals surface area contributed by atoms with Crippen LogP contribution in [-0.4, -0.2) is 68.5 Å². The molecule has 0 bridgehead atoms. The Kier molecular flexibility index (Phi) is 42.6. The Balaban J connectivity index is 4.40. The molecule has 1 amide bonds. The summed E-state index contributed by atoms with van der Waals surface area (Å²) >= 11 is 0. The molecule has 358 valence electrons. The van der Waals surface area contributed by atoms with Crippen molar-refractivity contribution in [1.82, 2.24) is 5.32 Å². The largest absolute Gasteiger partial charge is 0.756 e. The number of allylic oxidation sites excluding steroid dienone is 7. The van der Waals surface area contributed by atoms with E-state index in [1.165, 1.54) is 161 Å². The lowest BCUT2D eigenvalue weighted by molar-refractivity contribution is -0.870. The maximum absolute atomic E-state index is 12.9. The fourth-order valence-corrected chi connectivity index (χ4v) is 7.90. The fourth-order valence-electron chi connectivity index (χ4n) is 7.18. The standard InChI is InChI=1S/C52H99N2O6P/c1-6-8-10-12-14-16-18-20-22-24-26-28-29-31-33-35-37-39-41-43-45-51(55)50(49-60-61(57,58)59-48-47-54(3,4)5)53-52(56)46-44-42-40-38-36-34-32-30-27-25-23-21-19-17-15-13-11-9-7-2/h21,23,28-29,35,37,43,45,50-51,55H,6-20,22,24-27,30-34,36,38-42,44,46-49H2,1-5H3,(H-,53,56,57,58)/b23-21-,29-28+,37-35+,45-43+. The number of carbonyl (C=O) groups excluding carboxylic acids is 1. The maximum Gasteiger partial charge on any atom is 0.268 e. The monoisotopic (exact) mass is 879 g/mol. The molecular formula is C52H99N2O6P. The van der Waals surface area contributed by atoms with Gasteiger partial charge in [0.05, 0.1) is 39.9 Å². The highest BCUT2D eigenvalue weighted by atomic mass is 31.2. The van der Waals surface area contributed by atoms with E-state index < -0.39 is 26.6 Å². The zero-order chi connectivity index (χ0) is 45.0. The zero-order valence-electron chi connectivity index (χ0n) is 40.6. The van der Waals surface area contributed by atoms with Crippen LogP contribution in [0.15, 0.2) is 48.6 Å². The average molecular weight is 879 g/mol. The number of hydrogen-bond acceptors (Lipinski definition) is 6. The maximum atomic E-state index is 12.9.